The van der Waals surface area contributed by atoms with E-state index in [4.69, 9.17) is 0 Å². The summed E-state index contributed by atoms with van der Waals surface area (Å²) in [5.41, 5.74) is 3.39. The Hall–Kier alpha value is -0.120. The summed E-state index contributed by atoms with van der Waals surface area (Å²) in [6.07, 6.45) is 5.47. The third-order valence-electron chi connectivity index (χ3n) is 2.51. The second kappa shape index (κ2) is 3.52. The van der Waals surface area contributed by atoms with Crippen LogP contribution in [0.3, 0.4) is 0 Å². The van der Waals surface area contributed by atoms with E-state index in [1.54, 1.807) is 0 Å². The van der Waals surface area contributed by atoms with Gasteiger partial charge in [0.25, 0.3) is 0 Å². The van der Waals surface area contributed by atoms with Crippen molar-refractivity contribution in [3.63, 3.8) is 0 Å². The van der Waals surface area contributed by atoms with E-state index in [-0.39, 0.29) is 0 Å². The van der Waals surface area contributed by atoms with Gasteiger partial charge in [-0.3, -0.25) is 0 Å². The monoisotopic (exact) mass is 155 g/mol. The minimum atomic E-state index is 1.16. The van der Waals surface area contributed by atoms with Crippen molar-refractivity contribution in [3.8, 4) is 0 Å². The van der Waals surface area contributed by atoms with Gasteiger partial charge in [0.15, 0.2) is 0 Å². The Kier molecular flexibility index (Phi) is 2.41. The van der Waals surface area contributed by atoms with E-state index in [0.717, 1.165) is 6.54 Å². The lowest BCUT2D eigenvalue weighted by molar-refractivity contribution is -0.0568. The lowest BCUT2D eigenvalue weighted by Crippen LogP contribution is -2.49. The lowest BCUT2D eigenvalue weighted by Gasteiger charge is -2.34. The van der Waals surface area contributed by atoms with Crippen molar-refractivity contribution >= 4 is 0 Å². The van der Waals surface area contributed by atoms with Crippen LogP contribution in [0.1, 0.15) is 25.7 Å². The molecule has 3 heteroatoms. The molecule has 11 heavy (non-hydrogen) atoms. The van der Waals surface area contributed by atoms with Crippen LogP contribution in [-0.4, -0.2) is 36.3 Å². The Labute approximate surface area is 68.3 Å². The maximum Gasteiger partial charge on any atom is 0.0303 e. The zero-order valence-corrected chi connectivity index (χ0v) is 7.05. The van der Waals surface area contributed by atoms with Crippen molar-refractivity contribution in [2.75, 3.05) is 26.2 Å². The molecule has 2 aliphatic heterocycles. The molecule has 0 amide bonds. The summed E-state index contributed by atoms with van der Waals surface area (Å²) in [5.74, 6) is 0. The summed E-state index contributed by atoms with van der Waals surface area (Å²) < 4.78 is 0. The van der Waals surface area contributed by atoms with Gasteiger partial charge >= 0.3 is 0 Å². The quantitative estimate of drug-likeness (QED) is 0.598. The highest BCUT2D eigenvalue weighted by Gasteiger charge is 2.20. The number of hydrazine groups is 2. The molecule has 0 saturated carbocycles. The Bertz CT molecular complexity index is 115. The molecule has 0 bridgehead atoms. The Morgan fingerprint density at radius 2 is 1.64 bits per heavy atom. The van der Waals surface area contributed by atoms with Crippen LogP contribution in [0, 0.1) is 0 Å². The van der Waals surface area contributed by atoms with Crippen molar-refractivity contribution in [3.05, 3.63) is 0 Å². The Balaban J connectivity index is 1.82. The summed E-state index contributed by atoms with van der Waals surface area (Å²) in [7, 11) is 0. The van der Waals surface area contributed by atoms with Crippen LogP contribution in [0.5, 0.6) is 0 Å². The fraction of sp³-hybridized carbons (Fsp3) is 1.00. The minimum absolute atomic E-state index is 1.16. The highest BCUT2D eigenvalue weighted by Crippen LogP contribution is 2.11. The average molecular weight is 155 g/mol. The Morgan fingerprint density at radius 3 is 2.27 bits per heavy atom. The van der Waals surface area contributed by atoms with Crippen molar-refractivity contribution in [2.45, 2.75) is 25.7 Å². The van der Waals surface area contributed by atoms with E-state index in [1.165, 1.54) is 45.3 Å². The fourth-order valence-electron chi connectivity index (χ4n) is 1.88. The molecular weight excluding hydrogens is 138 g/mol. The molecule has 0 aromatic heterocycles. The third-order valence-corrected chi connectivity index (χ3v) is 2.51. The molecule has 64 valence electrons. The number of hydrogen-bond acceptors (Lipinski definition) is 3. The zero-order valence-electron chi connectivity index (χ0n) is 7.05. The SMILES string of the molecule is C1CCN(N2CCCN2)CC1. The summed E-state index contributed by atoms with van der Waals surface area (Å²) >= 11 is 0. The molecule has 0 spiro atoms. The molecular formula is C8H17N3. The molecule has 0 atom stereocenters. The highest BCUT2D eigenvalue weighted by molar-refractivity contribution is 4.65. The average Bonchev–Trinajstić information content (AvgIpc) is 2.58. The molecule has 2 fully saturated rings. The normalized spacial score (nSPS) is 29.5. The maximum absolute atomic E-state index is 3.39. The van der Waals surface area contributed by atoms with Gasteiger partial charge < -0.3 is 0 Å². The summed E-state index contributed by atoms with van der Waals surface area (Å²) in [6, 6.07) is 0. The molecule has 0 aromatic carbocycles. The summed E-state index contributed by atoms with van der Waals surface area (Å²) in [4.78, 5) is 0. The van der Waals surface area contributed by atoms with Gasteiger partial charge in [0.05, 0.1) is 0 Å². The van der Waals surface area contributed by atoms with Gasteiger partial charge in [0.1, 0.15) is 0 Å². The third kappa shape index (κ3) is 1.72. The van der Waals surface area contributed by atoms with E-state index in [0.29, 0.717) is 0 Å². The van der Waals surface area contributed by atoms with Crippen molar-refractivity contribution < 1.29 is 0 Å². The van der Waals surface area contributed by atoms with Crippen molar-refractivity contribution in [1.29, 1.82) is 0 Å². The van der Waals surface area contributed by atoms with Crippen LogP contribution in [-0.2, 0) is 0 Å². The second-order valence-electron chi connectivity index (χ2n) is 3.40. The van der Waals surface area contributed by atoms with Crippen molar-refractivity contribution in [2.24, 2.45) is 0 Å². The fourth-order valence-corrected chi connectivity index (χ4v) is 1.88. The molecule has 0 radical (unpaired) electrons. The molecule has 0 unspecified atom stereocenters. The molecule has 2 heterocycles. The number of rotatable bonds is 1. The van der Waals surface area contributed by atoms with Crippen LogP contribution in [0.2, 0.25) is 0 Å². The molecule has 3 nitrogen and oxygen atoms in total. The standard InChI is InChI=1S/C8H17N3/c1-2-6-10(7-3-1)11-8-4-5-9-11/h9H,1-8H2. The van der Waals surface area contributed by atoms with Crippen LogP contribution in [0.25, 0.3) is 0 Å². The molecule has 2 saturated heterocycles. The topological polar surface area (TPSA) is 18.5 Å². The van der Waals surface area contributed by atoms with E-state index in [1.807, 2.05) is 0 Å². The van der Waals surface area contributed by atoms with E-state index < -0.39 is 0 Å². The smallest absolute Gasteiger partial charge is 0.0303 e. The van der Waals surface area contributed by atoms with Gasteiger partial charge in [-0.2, -0.15) is 5.12 Å². The Morgan fingerprint density at radius 1 is 0.818 bits per heavy atom. The number of piperidine rings is 1. The van der Waals surface area contributed by atoms with E-state index >= 15 is 0 Å². The first-order valence-corrected chi connectivity index (χ1v) is 4.73. The van der Waals surface area contributed by atoms with Crippen LogP contribution >= 0.6 is 0 Å². The molecule has 0 aromatic rings. The maximum atomic E-state index is 3.39. The van der Waals surface area contributed by atoms with Gasteiger partial charge in [-0.1, -0.05) is 6.42 Å². The number of nitrogens with one attached hydrogen (secondary N) is 1. The van der Waals surface area contributed by atoms with Crippen LogP contribution in [0.15, 0.2) is 0 Å². The zero-order chi connectivity index (χ0) is 7.52. The van der Waals surface area contributed by atoms with Crippen LogP contribution < -0.4 is 5.43 Å². The van der Waals surface area contributed by atoms with Gasteiger partial charge in [-0.15, -0.1) is 0 Å². The van der Waals surface area contributed by atoms with Crippen LogP contribution in [0.4, 0.5) is 0 Å². The second-order valence-corrected chi connectivity index (χ2v) is 3.40. The van der Waals surface area contributed by atoms with E-state index in [9.17, 15) is 0 Å². The predicted molar refractivity (Wildman–Crippen MR) is 44.7 cm³/mol. The first kappa shape index (κ1) is 7.53. The molecule has 2 rings (SSSR count). The lowest BCUT2D eigenvalue weighted by atomic mass is 10.2. The van der Waals surface area contributed by atoms with Gasteiger partial charge in [-0.05, 0) is 19.3 Å². The first-order chi connectivity index (χ1) is 5.47. The van der Waals surface area contributed by atoms with E-state index in [2.05, 4.69) is 15.6 Å². The van der Waals surface area contributed by atoms with Gasteiger partial charge in [0, 0.05) is 26.2 Å². The molecule has 1 N–H and O–H groups in total. The highest BCUT2D eigenvalue weighted by atomic mass is 15.8. The van der Waals surface area contributed by atoms with Crippen molar-refractivity contribution in [1.82, 2.24) is 15.6 Å². The predicted octanol–water partition coefficient (Wildman–Crippen LogP) is 0.598. The summed E-state index contributed by atoms with van der Waals surface area (Å²) in [5, 5.41) is 4.76. The molecule has 2 aliphatic rings. The first-order valence-electron chi connectivity index (χ1n) is 4.73. The van der Waals surface area contributed by atoms with Gasteiger partial charge in [0.2, 0.25) is 0 Å². The number of nitrogens with zero attached hydrogens (tertiary/aromatic N) is 2. The largest absolute Gasteiger partial charge is 0.241 e. The van der Waals surface area contributed by atoms with Gasteiger partial charge in [-0.25, -0.2) is 10.4 Å². The number of hydrogen-bond donors (Lipinski definition) is 1. The minimum Gasteiger partial charge on any atom is -0.241 e. The molecule has 0 aliphatic carbocycles. The summed E-state index contributed by atoms with van der Waals surface area (Å²) in [6.45, 7) is 4.89.